The van der Waals surface area contributed by atoms with Gasteiger partial charge < -0.3 is 10.4 Å². The molecule has 2 aromatic carbocycles. The fourth-order valence-electron chi connectivity index (χ4n) is 3.03. The van der Waals surface area contributed by atoms with Gasteiger partial charge in [0.25, 0.3) is 0 Å². The summed E-state index contributed by atoms with van der Waals surface area (Å²) in [7, 11) is 0. The van der Waals surface area contributed by atoms with E-state index >= 15 is 0 Å². The number of benzene rings is 2. The molecule has 20 heavy (non-hydrogen) atoms. The minimum atomic E-state index is 0.267. The van der Waals surface area contributed by atoms with Gasteiger partial charge in [0, 0.05) is 16.6 Å². The van der Waals surface area contributed by atoms with Crippen molar-refractivity contribution in [2.75, 3.05) is 0 Å². The molecule has 0 saturated heterocycles. The maximum absolute atomic E-state index is 9.91. The topological polar surface area (TPSA) is 32.3 Å². The van der Waals surface area contributed by atoms with Crippen molar-refractivity contribution in [1.29, 1.82) is 0 Å². The molecule has 1 unspecified atom stereocenters. The maximum atomic E-state index is 9.91. The largest absolute Gasteiger partial charge is 0.508 e. The van der Waals surface area contributed by atoms with Gasteiger partial charge in [-0.05, 0) is 48.6 Å². The predicted octanol–water partition coefficient (Wildman–Crippen LogP) is 4.49. The van der Waals surface area contributed by atoms with Crippen LogP contribution in [-0.4, -0.2) is 5.11 Å². The number of hydrogen-bond donors (Lipinski definition) is 2. The third-order valence-electron chi connectivity index (χ3n) is 4.07. The van der Waals surface area contributed by atoms with E-state index in [2.05, 4.69) is 52.4 Å². The highest BCUT2D eigenvalue weighted by Gasteiger charge is 2.26. The summed E-state index contributed by atoms with van der Waals surface area (Å²) in [4.78, 5) is 0. The van der Waals surface area contributed by atoms with Crippen molar-refractivity contribution < 1.29 is 5.11 Å². The molecule has 0 heterocycles. The van der Waals surface area contributed by atoms with Crippen molar-refractivity contribution in [2.24, 2.45) is 0 Å². The minimum absolute atomic E-state index is 0.267. The molecule has 104 valence electrons. The lowest BCUT2D eigenvalue weighted by atomic mass is 10.0. The number of hydrogen-bond acceptors (Lipinski definition) is 2. The molecule has 2 N–H and O–H groups in total. The van der Waals surface area contributed by atoms with Crippen LogP contribution >= 0.6 is 15.9 Å². The zero-order valence-corrected chi connectivity index (χ0v) is 13.0. The Labute approximate surface area is 128 Å². The van der Waals surface area contributed by atoms with E-state index in [-0.39, 0.29) is 6.04 Å². The summed E-state index contributed by atoms with van der Waals surface area (Å²) in [6, 6.07) is 14.7. The van der Waals surface area contributed by atoms with Crippen LogP contribution < -0.4 is 5.32 Å². The summed E-state index contributed by atoms with van der Waals surface area (Å²) >= 11 is 3.61. The number of rotatable bonds is 3. The second-order valence-electron chi connectivity index (χ2n) is 5.35. The predicted molar refractivity (Wildman–Crippen MR) is 84.9 cm³/mol. The van der Waals surface area contributed by atoms with Crippen LogP contribution in [0, 0.1) is 0 Å². The van der Waals surface area contributed by atoms with E-state index in [4.69, 9.17) is 0 Å². The van der Waals surface area contributed by atoms with Gasteiger partial charge in [-0.1, -0.05) is 46.3 Å². The monoisotopic (exact) mass is 331 g/mol. The Morgan fingerprint density at radius 1 is 1.20 bits per heavy atom. The molecule has 1 aliphatic carbocycles. The molecule has 0 bridgehead atoms. The normalized spacial score (nSPS) is 18.8. The fraction of sp³-hybridized carbons (Fsp3) is 0.294. The first kappa shape index (κ1) is 13.7. The van der Waals surface area contributed by atoms with Gasteiger partial charge in [-0.2, -0.15) is 0 Å². The Balaban J connectivity index is 1.81. The molecule has 3 rings (SSSR count). The van der Waals surface area contributed by atoms with Crippen molar-refractivity contribution in [2.45, 2.75) is 31.8 Å². The SMILES string of the molecule is C[C@@H](NC1CCc2c(O)cccc21)c1ccccc1Br. The fourth-order valence-corrected chi connectivity index (χ4v) is 3.65. The number of nitrogens with one attached hydrogen (secondary N) is 1. The molecule has 1 aliphatic rings. The summed E-state index contributed by atoms with van der Waals surface area (Å²) in [6.07, 6.45) is 1.99. The lowest BCUT2D eigenvalue weighted by molar-refractivity contribution is 0.464. The molecule has 0 fully saturated rings. The van der Waals surface area contributed by atoms with Crippen molar-refractivity contribution >= 4 is 15.9 Å². The van der Waals surface area contributed by atoms with E-state index in [1.165, 1.54) is 11.1 Å². The van der Waals surface area contributed by atoms with Crippen LogP contribution in [-0.2, 0) is 6.42 Å². The van der Waals surface area contributed by atoms with Crippen molar-refractivity contribution in [3.8, 4) is 5.75 Å². The quantitative estimate of drug-likeness (QED) is 0.868. The van der Waals surface area contributed by atoms with Gasteiger partial charge in [-0.25, -0.2) is 0 Å². The maximum Gasteiger partial charge on any atom is 0.119 e. The van der Waals surface area contributed by atoms with Gasteiger partial charge in [0.1, 0.15) is 5.75 Å². The number of phenolic OH excluding ortho intramolecular Hbond substituents is 1. The second kappa shape index (κ2) is 5.58. The summed E-state index contributed by atoms with van der Waals surface area (Å²) in [5.74, 6) is 0.431. The zero-order chi connectivity index (χ0) is 14.1. The molecule has 2 aromatic rings. The number of halogens is 1. The lowest BCUT2D eigenvalue weighted by Crippen LogP contribution is -2.23. The standard InChI is InChI=1S/C17H18BrNO/c1-11(12-5-2-3-7-15(12)18)19-16-10-9-14-13(16)6-4-8-17(14)20/h2-8,11,16,19-20H,9-10H2,1H3/t11-,16?/m1/s1. The van der Waals surface area contributed by atoms with E-state index in [9.17, 15) is 5.11 Å². The highest BCUT2D eigenvalue weighted by atomic mass is 79.9. The van der Waals surface area contributed by atoms with Crippen LogP contribution in [0.1, 0.15) is 42.1 Å². The Morgan fingerprint density at radius 2 is 2.00 bits per heavy atom. The summed E-state index contributed by atoms with van der Waals surface area (Å²) < 4.78 is 1.13. The molecule has 2 atom stereocenters. The molecule has 0 aromatic heterocycles. The average molecular weight is 332 g/mol. The van der Waals surface area contributed by atoms with Crippen molar-refractivity contribution in [3.63, 3.8) is 0 Å². The molecule has 3 heteroatoms. The Kier molecular flexibility index (Phi) is 3.81. The van der Waals surface area contributed by atoms with Gasteiger partial charge in [-0.3, -0.25) is 0 Å². The highest BCUT2D eigenvalue weighted by Crippen LogP contribution is 2.38. The number of phenols is 1. The molecular weight excluding hydrogens is 314 g/mol. The van der Waals surface area contributed by atoms with Gasteiger partial charge in [0.2, 0.25) is 0 Å². The first-order chi connectivity index (χ1) is 9.66. The van der Waals surface area contributed by atoms with Gasteiger partial charge >= 0.3 is 0 Å². The van der Waals surface area contributed by atoms with Gasteiger partial charge in [-0.15, -0.1) is 0 Å². The molecule has 0 saturated carbocycles. The first-order valence-electron chi connectivity index (χ1n) is 6.98. The summed E-state index contributed by atoms with van der Waals surface area (Å²) in [5.41, 5.74) is 3.61. The van der Waals surface area contributed by atoms with E-state index in [1.807, 2.05) is 12.1 Å². The number of aromatic hydroxyl groups is 1. The lowest BCUT2D eigenvalue weighted by Gasteiger charge is -2.21. The Bertz CT molecular complexity index is 626. The third kappa shape index (κ3) is 2.48. The van der Waals surface area contributed by atoms with Crippen LogP contribution in [0.25, 0.3) is 0 Å². The summed E-state index contributed by atoms with van der Waals surface area (Å²) in [5, 5.41) is 13.6. The van der Waals surface area contributed by atoms with Gasteiger partial charge in [0.15, 0.2) is 0 Å². The molecule has 2 nitrogen and oxygen atoms in total. The van der Waals surface area contributed by atoms with E-state index in [0.29, 0.717) is 11.8 Å². The molecule has 0 spiro atoms. The van der Waals surface area contributed by atoms with Gasteiger partial charge in [0.05, 0.1) is 0 Å². The van der Waals surface area contributed by atoms with E-state index in [1.54, 1.807) is 6.07 Å². The van der Waals surface area contributed by atoms with Crippen LogP contribution in [0.3, 0.4) is 0 Å². The molecule has 0 aliphatic heterocycles. The van der Waals surface area contributed by atoms with E-state index < -0.39 is 0 Å². The Morgan fingerprint density at radius 3 is 2.80 bits per heavy atom. The summed E-state index contributed by atoms with van der Waals surface area (Å²) in [6.45, 7) is 2.18. The molecule has 0 radical (unpaired) electrons. The van der Waals surface area contributed by atoms with Crippen LogP contribution in [0.4, 0.5) is 0 Å². The zero-order valence-electron chi connectivity index (χ0n) is 11.4. The van der Waals surface area contributed by atoms with E-state index in [0.717, 1.165) is 22.9 Å². The molecule has 0 amide bonds. The minimum Gasteiger partial charge on any atom is -0.508 e. The Hall–Kier alpha value is -1.32. The smallest absolute Gasteiger partial charge is 0.119 e. The highest BCUT2D eigenvalue weighted by molar-refractivity contribution is 9.10. The third-order valence-corrected chi connectivity index (χ3v) is 4.79. The van der Waals surface area contributed by atoms with Crippen LogP contribution in [0.5, 0.6) is 5.75 Å². The number of fused-ring (bicyclic) bond motifs is 1. The first-order valence-corrected chi connectivity index (χ1v) is 7.77. The average Bonchev–Trinajstić information content (AvgIpc) is 2.84. The molecular formula is C17H18BrNO. The van der Waals surface area contributed by atoms with Crippen molar-refractivity contribution in [3.05, 3.63) is 63.6 Å². The van der Waals surface area contributed by atoms with Crippen LogP contribution in [0.2, 0.25) is 0 Å². The van der Waals surface area contributed by atoms with Crippen LogP contribution in [0.15, 0.2) is 46.9 Å². The van der Waals surface area contributed by atoms with Crippen molar-refractivity contribution in [1.82, 2.24) is 5.32 Å². The second-order valence-corrected chi connectivity index (χ2v) is 6.20.